The number of nitrogens with zero attached hydrogens (tertiary/aromatic N) is 1. The summed E-state index contributed by atoms with van der Waals surface area (Å²) in [5, 5.41) is 12.7. The summed E-state index contributed by atoms with van der Waals surface area (Å²) >= 11 is 0. The molecule has 3 aromatic rings. The van der Waals surface area contributed by atoms with Gasteiger partial charge in [-0.05, 0) is 36.2 Å². The molecule has 3 rings (SSSR count). The maximum Gasteiger partial charge on any atom is 0.231 e. The fraction of sp³-hybridized carbons (Fsp3) is 0.176. The minimum absolute atomic E-state index is 0.00789. The summed E-state index contributed by atoms with van der Waals surface area (Å²) in [6.45, 7) is 3.49. The first-order valence-electron chi connectivity index (χ1n) is 7.07. The molecule has 0 bridgehead atoms. The van der Waals surface area contributed by atoms with Gasteiger partial charge in [0.25, 0.3) is 0 Å². The topological polar surface area (TPSA) is 75.4 Å². The third kappa shape index (κ3) is 2.65. The molecule has 0 aliphatic rings. The number of phenolic OH excluding ortho intramolecular Hbond substituents is 1. The number of benzene rings is 2. The van der Waals surface area contributed by atoms with Gasteiger partial charge in [0.2, 0.25) is 11.8 Å². The number of nitrogens with one attached hydrogen (secondary N) is 1. The summed E-state index contributed by atoms with van der Waals surface area (Å²) in [6, 6.07) is 10.7. The SMILES string of the molecule is CCc1ccc2oc(-c3ccc(NC(C)=O)cc3O)nc2c1. The van der Waals surface area contributed by atoms with Crippen molar-refractivity contribution in [2.24, 2.45) is 0 Å². The monoisotopic (exact) mass is 296 g/mol. The largest absolute Gasteiger partial charge is 0.507 e. The number of hydrogen-bond acceptors (Lipinski definition) is 4. The molecule has 1 aromatic heterocycles. The maximum atomic E-state index is 11.0. The number of carbonyl (C=O) groups excluding carboxylic acids is 1. The number of rotatable bonds is 3. The van der Waals surface area contributed by atoms with E-state index in [0.29, 0.717) is 22.7 Å². The zero-order valence-corrected chi connectivity index (χ0v) is 12.4. The molecule has 22 heavy (non-hydrogen) atoms. The zero-order valence-electron chi connectivity index (χ0n) is 12.4. The van der Waals surface area contributed by atoms with E-state index in [-0.39, 0.29) is 11.7 Å². The number of aryl methyl sites for hydroxylation is 1. The summed E-state index contributed by atoms with van der Waals surface area (Å²) in [4.78, 5) is 15.5. The number of amides is 1. The smallest absolute Gasteiger partial charge is 0.231 e. The van der Waals surface area contributed by atoms with E-state index in [0.717, 1.165) is 11.9 Å². The molecule has 0 saturated carbocycles. The predicted octanol–water partition coefficient (Wildman–Crippen LogP) is 3.72. The van der Waals surface area contributed by atoms with Crippen molar-refractivity contribution in [3.05, 3.63) is 42.0 Å². The lowest BCUT2D eigenvalue weighted by Gasteiger charge is -2.05. The van der Waals surface area contributed by atoms with Crippen LogP contribution in [0.2, 0.25) is 0 Å². The van der Waals surface area contributed by atoms with E-state index in [2.05, 4.69) is 17.2 Å². The number of aromatic hydroxyl groups is 1. The minimum atomic E-state index is -0.193. The molecule has 0 fully saturated rings. The lowest BCUT2D eigenvalue weighted by molar-refractivity contribution is -0.114. The van der Waals surface area contributed by atoms with Crippen LogP contribution < -0.4 is 5.32 Å². The van der Waals surface area contributed by atoms with Crippen molar-refractivity contribution in [1.82, 2.24) is 4.98 Å². The van der Waals surface area contributed by atoms with Gasteiger partial charge in [-0.3, -0.25) is 4.79 Å². The highest BCUT2D eigenvalue weighted by Crippen LogP contribution is 2.33. The van der Waals surface area contributed by atoms with Gasteiger partial charge in [0.1, 0.15) is 11.3 Å². The van der Waals surface area contributed by atoms with Crippen LogP contribution in [0.5, 0.6) is 5.75 Å². The molecular formula is C17H16N2O3. The quantitative estimate of drug-likeness (QED) is 0.772. The van der Waals surface area contributed by atoms with Gasteiger partial charge in [-0.2, -0.15) is 0 Å². The van der Waals surface area contributed by atoms with Crippen molar-refractivity contribution in [3.8, 4) is 17.2 Å². The van der Waals surface area contributed by atoms with Crippen molar-refractivity contribution in [3.63, 3.8) is 0 Å². The number of anilines is 1. The highest BCUT2D eigenvalue weighted by atomic mass is 16.3. The second-order valence-corrected chi connectivity index (χ2v) is 5.09. The normalized spacial score (nSPS) is 10.8. The minimum Gasteiger partial charge on any atom is -0.507 e. The van der Waals surface area contributed by atoms with Crippen LogP contribution in [0.4, 0.5) is 5.69 Å². The molecule has 0 saturated heterocycles. The van der Waals surface area contributed by atoms with Crippen LogP contribution in [0.1, 0.15) is 19.4 Å². The second-order valence-electron chi connectivity index (χ2n) is 5.09. The standard InChI is InChI=1S/C17H16N2O3/c1-3-11-4-7-16-14(8-11)19-17(22-16)13-6-5-12(9-15(13)21)18-10(2)20/h4-9,21H,3H2,1-2H3,(H,18,20). The molecule has 0 spiro atoms. The molecule has 1 amide bonds. The summed E-state index contributed by atoms with van der Waals surface area (Å²) < 4.78 is 5.70. The highest BCUT2D eigenvalue weighted by molar-refractivity contribution is 5.89. The van der Waals surface area contributed by atoms with Gasteiger partial charge >= 0.3 is 0 Å². The first-order chi connectivity index (χ1) is 10.6. The van der Waals surface area contributed by atoms with Gasteiger partial charge in [-0.15, -0.1) is 0 Å². The Morgan fingerprint density at radius 3 is 2.77 bits per heavy atom. The van der Waals surface area contributed by atoms with Crippen LogP contribution in [-0.4, -0.2) is 16.0 Å². The summed E-state index contributed by atoms with van der Waals surface area (Å²) in [5.74, 6) is 0.171. The van der Waals surface area contributed by atoms with E-state index in [1.54, 1.807) is 12.1 Å². The lowest BCUT2D eigenvalue weighted by atomic mass is 10.1. The Kier molecular flexibility index (Phi) is 3.55. The van der Waals surface area contributed by atoms with Crippen LogP contribution >= 0.6 is 0 Å². The van der Waals surface area contributed by atoms with Crippen LogP contribution in [0.3, 0.4) is 0 Å². The molecule has 0 radical (unpaired) electrons. The number of fused-ring (bicyclic) bond motifs is 1. The van der Waals surface area contributed by atoms with Gasteiger partial charge in [0.05, 0.1) is 5.56 Å². The van der Waals surface area contributed by atoms with E-state index < -0.39 is 0 Å². The van der Waals surface area contributed by atoms with Crippen molar-refractivity contribution in [1.29, 1.82) is 0 Å². The molecular weight excluding hydrogens is 280 g/mol. The molecule has 0 unspecified atom stereocenters. The Morgan fingerprint density at radius 1 is 1.27 bits per heavy atom. The summed E-state index contributed by atoms with van der Waals surface area (Å²) in [7, 11) is 0. The molecule has 0 atom stereocenters. The van der Waals surface area contributed by atoms with Gasteiger partial charge in [0.15, 0.2) is 5.58 Å². The highest BCUT2D eigenvalue weighted by Gasteiger charge is 2.13. The average molecular weight is 296 g/mol. The first kappa shape index (κ1) is 14.1. The Labute approximate surface area is 127 Å². The van der Waals surface area contributed by atoms with E-state index >= 15 is 0 Å². The van der Waals surface area contributed by atoms with E-state index in [9.17, 15) is 9.90 Å². The van der Waals surface area contributed by atoms with Crippen LogP contribution in [-0.2, 0) is 11.2 Å². The van der Waals surface area contributed by atoms with Crippen molar-refractivity contribution in [2.45, 2.75) is 20.3 Å². The van der Waals surface area contributed by atoms with E-state index in [4.69, 9.17) is 4.42 Å². The lowest BCUT2D eigenvalue weighted by Crippen LogP contribution is -2.05. The Hall–Kier alpha value is -2.82. The molecule has 5 nitrogen and oxygen atoms in total. The van der Waals surface area contributed by atoms with E-state index in [1.165, 1.54) is 18.6 Å². The fourth-order valence-corrected chi connectivity index (χ4v) is 2.30. The van der Waals surface area contributed by atoms with Gasteiger partial charge < -0.3 is 14.8 Å². The first-order valence-corrected chi connectivity index (χ1v) is 7.07. The van der Waals surface area contributed by atoms with Gasteiger partial charge in [-0.25, -0.2) is 4.98 Å². The van der Waals surface area contributed by atoms with Crippen molar-refractivity contribution in [2.75, 3.05) is 5.32 Å². The van der Waals surface area contributed by atoms with Gasteiger partial charge in [-0.1, -0.05) is 13.0 Å². The molecule has 5 heteroatoms. The third-order valence-electron chi connectivity index (χ3n) is 3.41. The fourth-order valence-electron chi connectivity index (χ4n) is 2.30. The van der Waals surface area contributed by atoms with Crippen LogP contribution in [0, 0.1) is 0 Å². The molecule has 0 aliphatic carbocycles. The Bertz CT molecular complexity index is 852. The molecule has 2 aromatic carbocycles. The second kappa shape index (κ2) is 5.52. The number of phenols is 1. The number of aromatic nitrogens is 1. The summed E-state index contributed by atoms with van der Waals surface area (Å²) in [6.07, 6.45) is 0.925. The van der Waals surface area contributed by atoms with E-state index in [1.807, 2.05) is 18.2 Å². The molecule has 2 N–H and O–H groups in total. The van der Waals surface area contributed by atoms with Crippen LogP contribution in [0.25, 0.3) is 22.6 Å². The number of carbonyl (C=O) groups is 1. The number of oxazole rings is 1. The van der Waals surface area contributed by atoms with Crippen molar-refractivity contribution < 1.29 is 14.3 Å². The Morgan fingerprint density at radius 2 is 2.09 bits per heavy atom. The average Bonchev–Trinajstić information content (AvgIpc) is 2.89. The molecule has 1 heterocycles. The molecule has 0 aliphatic heterocycles. The number of hydrogen-bond donors (Lipinski definition) is 2. The maximum absolute atomic E-state index is 11.0. The van der Waals surface area contributed by atoms with Crippen molar-refractivity contribution >= 4 is 22.7 Å². The van der Waals surface area contributed by atoms with Crippen LogP contribution in [0.15, 0.2) is 40.8 Å². The molecule has 112 valence electrons. The van der Waals surface area contributed by atoms with Gasteiger partial charge in [0, 0.05) is 18.7 Å². The summed E-state index contributed by atoms with van der Waals surface area (Å²) in [5.41, 5.74) is 3.64. The zero-order chi connectivity index (χ0) is 15.7. The third-order valence-corrected chi connectivity index (χ3v) is 3.41. The predicted molar refractivity (Wildman–Crippen MR) is 84.8 cm³/mol. The Balaban J connectivity index is 2.01.